The molecule has 1 aromatic rings. The lowest BCUT2D eigenvalue weighted by atomic mass is 9.95. The zero-order chi connectivity index (χ0) is 17.9. The van der Waals surface area contributed by atoms with Crippen LogP contribution in [-0.4, -0.2) is 39.5 Å². The molecule has 1 aliphatic heterocycles. The number of hydrogen-bond acceptors (Lipinski definition) is 6. The van der Waals surface area contributed by atoms with E-state index in [4.69, 9.17) is 5.53 Å². The molecule has 1 N–H and O–H groups in total. The van der Waals surface area contributed by atoms with Crippen molar-refractivity contribution in [3.05, 3.63) is 32.7 Å². The van der Waals surface area contributed by atoms with Crippen molar-refractivity contribution in [2.24, 2.45) is 5.11 Å². The maximum atomic E-state index is 13.1. The van der Waals surface area contributed by atoms with Crippen LogP contribution < -0.4 is 9.50 Å². The van der Waals surface area contributed by atoms with E-state index in [0.29, 0.717) is 17.7 Å². The summed E-state index contributed by atoms with van der Waals surface area (Å²) < 4.78 is 39.5. The molecule has 1 heterocycles. The first-order valence-corrected chi connectivity index (χ1v) is 8.80. The Hall–Kier alpha value is -1.87. The second-order valence-corrected chi connectivity index (χ2v) is 6.68. The first-order chi connectivity index (χ1) is 11.2. The van der Waals surface area contributed by atoms with E-state index < -0.39 is 10.5 Å². The largest absolute Gasteiger partial charge is 0.488 e. The quantitative estimate of drug-likeness (QED) is 0.377. The number of benzene rings is 1. The number of hydrogen-bond donors (Lipinski definition) is 1. The van der Waals surface area contributed by atoms with Crippen molar-refractivity contribution in [3.63, 3.8) is 0 Å². The molecule has 1 aromatic carbocycles. The van der Waals surface area contributed by atoms with E-state index in [1.54, 1.807) is 20.8 Å². The van der Waals surface area contributed by atoms with E-state index >= 15 is 0 Å². The topological polar surface area (TPSA) is 107 Å². The zero-order valence-corrected chi connectivity index (χ0v) is 14.7. The third kappa shape index (κ3) is 4.15. The van der Waals surface area contributed by atoms with Crippen molar-refractivity contribution < 1.29 is 16.5 Å². The normalized spacial score (nSPS) is 15.8. The van der Waals surface area contributed by atoms with Crippen LogP contribution in [0, 0.1) is 20.8 Å². The van der Waals surface area contributed by atoms with Gasteiger partial charge in [0.05, 0.1) is 0 Å². The van der Waals surface area contributed by atoms with E-state index in [9.17, 15) is 12.3 Å². The highest BCUT2D eigenvalue weighted by molar-refractivity contribution is 7.81. The number of azide groups is 1. The Kier molecular flexibility index (Phi) is 5.66. The summed E-state index contributed by atoms with van der Waals surface area (Å²) in [5, 5.41) is 6.89. The number of piperazine rings is 1. The van der Waals surface area contributed by atoms with E-state index in [0.717, 1.165) is 37.3 Å². The van der Waals surface area contributed by atoms with E-state index in [2.05, 4.69) is 24.4 Å². The fourth-order valence-corrected chi connectivity index (χ4v) is 3.43. The van der Waals surface area contributed by atoms with Crippen LogP contribution in [0.15, 0.2) is 5.11 Å². The highest BCUT2D eigenvalue weighted by Gasteiger charge is 2.23. The number of nitrogens with one attached hydrogen (secondary N) is 1. The fraction of sp³-hybridized carbons (Fsp3) is 0.571. The van der Waals surface area contributed by atoms with Gasteiger partial charge in [0.25, 0.3) is 0 Å². The molecule has 0 aromatic heterocycles. The molecule has 0 aliphatic carbocycles. The molecule has 1 saturated heterocycles. The van der Waals surface area contributed by atoms with Gasteiger partial charge in [-0.1, -0.05) is 9.00 Å². The Labute approximate surface area is 140 Å². The van der Waals surface area contributed by atoms with Crippen LogP contribution in [0.3, 0.4) is 0 Å². The van der Waals surface area contributed by atoms with Gasteiger partial charge in [-0.25, -0.2) is 0 Å². The summed E-state index contributed by atoms with van der Waals surface area (Å²) in [4.78, 5) is 4.97. The molecular formula is C14H20FN5O3S. The number of rotatable bonds is 5. The third-order valence-corrected chi connectivity index (χ3v) is 4.58. The molecule has 8 nitrogen and oxygen atoms in total. The predicted octanol–water partition coefficient (Wildman–Crippen LogP) is 2.55. The van der Waals surface area contributed by atoms with Gasteiger partial charge in [0, 0.05) is 48.9 Å². The van der Waals surface area contributed by atoms with Crippen LogP contribution >= 0.6 is 0 Å². The SMILES string of the molecule is Cc1c(CN2CCNCC2)c(C)c(OS(=O)(=O)F)c(C)c1N=[N+]=[N-]. The van der Waals surface area contributed by atoms with Gasteiger partial charge < -0.3 is 9.50 Å². The molecule has 0 radical (unpaired) electrons. The van der Waals surface area contributed by atoms with E-state index in [1.807, 2.05) is 0 Å². The summed E-state index contributed by atoms with van der Waals surface area (Å²) in [7, 11) is -5.17. The highest BCUT2D eigenvalue weighted by atomic mass is 32.3. The predicted molar refractivity (Wildman–Crippen MR) is 88.3 cm³/mol. The van der Waals surface area contributed by atoms with Gasteiger partial charge in [-0.2, -0.15) is 8.42 Å². The summed E-state index contributed by atoms with van der Waals surface area (Å²) >= 11 is 0. The van der Waals surface area contributed by atoms with E-state index in [1.165, 1.54) is 0 Å². The van der Waals surface area contributed by atoms with Gasteiger partial charge in [-0.3, -0.25) is 4.90 Å². The third-order valence-electron chi connectivity index (χ3n) is 4.22. The average molecular weight is 357 g/mol. The van der Waals surface area contributed by atoms with Gasteiger partial charge in [0.1, 0.15) is 0 Å². The second kappa shape index (κ2) is 7.35. The van der Waals surface area contributed by atoms with Crippen LogP contribution in [-0.2, 0) is 17.0 Å². The van der Waals surface area contributed by atoms with Crippen molar-refractivity contribution in [2.45, 2.75) is 27.3 Å². The van der Waals surface area contributed by atoms with Crippen molar-refractivity contribution >= 4 is 16.2 Å². The molecule has 1 aliphatic rings. The summed E-state index contributed by atoms with van der Waals surface area (Å²) in [6, 6.07) is 0. The first kappa shape index (κ1) is 18.5. The zero-order valence-electron chi connectivity index (χ0n) is 13.8. The minimum absolute atomic E-state index is 0.115. The minimum atomic E-state index is -5.17. The fourth-order valence-electron chi connectivity index (χ4n) is 2.98. The average Bonchev–Trinajstić information content (AvgIpc) is 2.52. The van der Waals surface area contributed by atoms with Gasteiger partial charge in [0.2, 0.25) is 0 Å². The van der Waals surface area contributed by atoms with Crippen molar-refractivity contribution in [3.8, 4) is 5.75 Å². The van der Waals surface area contributed by atoms with Gasteiger partial charge in [-0.05, 0) is 43.0 Å². The molecule has 24 heavy (non-hydrogen) atoms. The van der Waals surface area contributed by atoms with Crippen LogP contribution in [0.5, 0.6) is 5.75 Å². The number of halogens is 1. The first-order valence-electron chi connectivity index (χ1n) is 7.49. The maximum absolute atomic E-state index is 13.1. The van der Waals surface area contributed by atoms with E-state index in [-0.39, 0.29) is 11.4 Å². The Morgan fingerprint density at radius 1 is 1.25 bits per heavy atom. The minimum Gasteiger partial charge on any atom is -0.358 e. The van der Waals surface area contributed by atoms with Crippen LogP contribution in [0.2, 0.25) is 0 Å². The van der Waals surface area contributed by atoms with Crippen LogP contribution in [0.1, 0.15) is 22.3 Å². The lowest BCUT2D eigenvalue weighted by molar-refractivity contribution is 0.232. The molecule has 0 spiro atoms. The standard InChI is InChI=1S/C14H20FN5O3S/c1-9-12(8-20-6-4-17-5-7-20)10(2)14(23-24(15,21)22)11(3)13(9)18-19-16/h17H,4-8H2,1-3H3. The van der Waals surface area contributed by atoms with Crippen LogP contribution in [0.25, 0.3) is 10.4 Å². The summed E-state index contributed by atoms with van der Waals surface area (Å²) in [5.41, 5.74) is 11.4. The lowest BCUT2D eigenvalue weighted by Crippen LogP contribution is -2.43. The van der Waals surface area contributed by atoms with Gasteiger partial charge >= 0.3 is 10.5 Å². The molecular weight excluding hydrogens is 337 g/mol. The van der Waals surface area contributed by atoms with Crippen molar-refractivity contribution in [2.75, 3.05) is 26.2 Å². The van der Waals surface area contributed by atoms with Crippen LogP contribution in [0.4, 0.5) is 9.57 Å². The Morgan fingerprint density at radius 3 is 2.42 bits per heavy atom. The summed E-state index contributed by atoms with van der Waals surface area (Å²) in [6.45, 7) is 8.94. The highest BCUT2D eigenvalue weighted by Crippen LogP contribution is 2.39. The molecule has 0 unspecified atom stereocenters. The Bertz CT molecular complexity index is 784. The maximum Gasteiger partial charge on any atom is 0.488 e. The molecule has 2 rings (SSSR count). The number of nitrogens with zero attached hydrogens (tertiary/aromatic N) is 4. The molecule has 0 bridgehead atoms. The van der Waals surface area contributed by atoms with Gasteiger partial charge in [-0.15, -0.1) is 0 Å². The Balaban J connectivity index is 2.57. The molecule has 10 heteroatoms. The van der Waals surface area contributed by atoms with Crippen molar-refractivity contribution in [1.82, 2.24) is 10.2 Å². The summed E-state index contributed by atoms with van der Waals surface area (Å²) in [5.74, 6) is -0.115. The summed E-state index contributed by atoms with van der Waals surface area (Å²) in [6.07, 6.45) is 0. The molecule has 132 valence electrons. The van der Waals surface area contributed by atoms with Crippen molar-refractivity contribution in [1.29, 1.82) is 0 Å². The smallest absolute Gasteiger partial charge is 0.358 e. The lowest BCUT2D eigenvalue weighted by Gasteiger charge is -2.29. The second-order valence-electron chi connectivity index (χ2n) is 5.72. The molecule has 0 amide bonds. The molecule has 0 saturated carbocycles. The monoisotopic (exact) mass is 357 g/mol. The Morgan fingerprint density at radius 2 is 1.88 bits per heavy atom. The molecule has 1 fully saturated rings. The molecule has 0 atom stereocenters. The van der Waals surface area contributed by atoms with Gasteiger partial charge in [0.15, 0.2) is 5.75 Å².